The number of nitrogens with one attached hydrogen (secondary N) is 1. The zero-order chi connectivity index (χ0) is 20.7. The number of aromatic nitrogens is 2. The fourth-order valence-corrected chi connectivity index (χ4v) is 4.88. The van der Waals surface area contributed by atoms with Gasteiger partial charge in [-0.15, -0.1) is 0 Å². The highest BCUT2D eigenvalue weighted by Gasteiger charge is 2.38. The molecule has 7 nitrogen and oxygen atoms in total. The lowest BCUT2D eigenvalue weighted by Gasteiger charge is -2.24. The van der Waals surface area contributed by atoms with Crippen LogP contribution in [0.1, 0.15) is 47.7 Å². The van der Waals surface area contributed by atoms with E-state index in [1.807, 2.05) is 10.9 Å². The summed E-state index contributed by atoms with van der Waals surface area (Å²) < 4.78 is 1.96. The third-order valence-electron chi connectivity index (χ3n) is 5.75. The molecule has 2 aliphatic rings. The summed E-state index contributed by atoms with van der Waals surface area (Å²) in [6.45, 7) is 4.17. The van der Waals surface area contributed by atoms with Crippen LogP contribution < -0.4 is 5.32 Å². The first kappa shape index (κ1) is 19.7. The molecule has 1 fully saturated rings. The van der Waals surface area contributed by atoms with Gasteiger partial charge in [0.25, 0.3) is 5.24 Å². The van der Waals surface area contributed by atoms with Crippen LogP contribution in [0.15, 0.2) is 24.4 Å². The van der Waals surface area contributed by atoms with Crippen LogP contribution in [0.2, 0.25) is 0 Å². The van der Waals surface area contributed by atoms with Crippen LogP contribution >= 0.6 is 11.8 Å². The van der Waals surface area contributed by atoms with Crippen molar-refractivity contribution >= 4 is 28.8 Å². The van der Waals surface area contributed by atoms with Crippen molar-refractivity contribution in [3.8, 4) is 5.69 Å². The monoisotopic (exact) mass is 412 g/mol. The van der Waals surface area contributed by atoms with Gasteiger partial charge in [0.15, 0.2) is 0 Å². The molecular weight excluding hydrogens is 388 g/mol. The second kappa shape index (κ2) is 7.67. The number of carbonyl (C=O) groups excluding carboxylic acids is 3. The first-order valence-corrected chi connectivity index (χ1v) is 10.6. The number of amides is 3. The Balaban J connectivity index is 1.50. The van der Waals surface area contributed by atoms with E-state index in [0.717, 1.165) is 52.9 Å². The minimum absolute atomic E-state index is 0.0106. The van der Waals surface area contributed by atoms with Crippen molar-refractivity contribution in [3.63, 3.8) is 0 Å². The minimum Gasteiger partial charge on any atom is -0.349 e. The maximum Gasteiger partial charge on any atom is 0.288 e. The Kier molecular flexibility index (Phi) is 5.21. The standard InChI is InChI=1S/C21H24N4O3S/c1-12-7-8-14(9-13(12)2)25-17-6-4-5-16(15(17)11-22-25)23-19(26)10-18-20(27)24(3)21(28)29-18/h7-9,11,16,18H,4-6,10H2,1-3H3,(H,23,26)/t16-,18-/m0/s1. The summed E-state index contributed by atoms with van der Waals surface area (Å²) in [5.74, 6) is -0.516. The number of aryl methyl sites for hydroxylation is 2. The molecule has 152 valence electrons. The van der Waals surface area contributed by atoms with Gasteiger partial charge in [0, 0.05) is 24.7 Å². The summed E-state index contributed by atoms with van der Waals surface area (Å²) >= 11 is 0.922. The van der Waals surface area contributed by atoms with Crippen molar-refractivity contribution in [1.29, 1.82) is 0 Å². The zero-order valence-corrected chi connectivity index (χ0v) is 17.6. The van der Waals surface area contributed by atoms with Crippen molar-refractivity contribution in [2.45, 2.75) is 50.8 Å². The van der Waals surface area contributed by atoms with Crippen molar-refractivity contribution in [1.82, 2.24) is 20.0 Å². The molecular formula is C21H24N4O3S. The molecule has 0 unspecified atom stereocenters. The van der Waals surface area contributed by atoms with Crippen molar-refractivity contribution < 1.29 is 14.4 Å². The summed E-state index contributed by atoms with van der Waals surface area (Å²) in [5, 5.41) is 6.70. The molecule has 2 atom stereocenters. The van der Waals surface area contributed by atoms with E-state index in [9.17, 15) is 14.4 Å². The number of nitrogens with zero attached hydrogens (tertiary/aromatic N) is 3. The lowest BCUT2D eigenvalue weighted by atomic mass is 9.92. The van der Waals surface area contributed by atoms with E-state index in [-0.39, 0.29) is 29.5 Å². The Bertz CT molecular complexity index is 1000. The fourth-order valence-electron chi connectivity index (χ4n) is 3.89. The first-order chi connectivity index (χ1) is 13.8. The van der Waals surface area contributed by atoms with Crippen LogP contribution in [0.3, 0.4) is 0 Å². The highest BCUT2D eigenvalue weighted by molar-refractivity contribution is 8.15. The van der Waals surface area contributed by atoms with Crippen molar-refractivity contribution in [3.05, 3.63) is 46.8 Å². The Morgan fingerprint density at radius 1 is 1.28 bits per heavy atom. The molecule has 3 amide bonds. The lowest BCUT2D eigenvalue weighted by Crippen LogP contribution is -2.35. The summed E-state index contributed by atoms with van der Waals surface area (Å²) in [7, 11) is 1.45. The van der Waals surface area contributed by atoms with Gasteiger partial charge in [-0.2, -0.15) is 5.10 Å². The third kappa shape index (κ3) is 3.69. The second-order valence-corrected chi connectivity index (χ2v) is 8.87. The lowest BCUT2D eigenvalue weighted by molar-refractivity contribution is -0.129. The summed E-state index contributed by atoms with van der Waals surface area (Å²) in [4.78, 5) is 37.3. The van der Waals surface area contributed by atoms with E-state index in [1.165, 1.54) is 18.2 Å². The van der Waals surface area contributed by atoms with E-state index in [1.54, 1.807) is 0 Å². The number of hydrogen-bond donors (Lipinski definition) is 1. The van der Waals surface area contributed by atoms with Gasteiger partial charge >= 0.3 is 0 Å². The SMILES string of the molecule is Cc1ccc(-n2ncc3c2CCC[C@@H]3NC(=O)C[C@@H]2SC(=O)N(C)C2=O)cc1C. The van der Waals surface area contributed by atoms with Crippen molar-refractivity contribution in [2.24, 2.45) is 0 Å². The van der Waals surface area contributed by atoms with Crippen LogP contribution in [-0.2, 0) is 16.0 Å². The van der Waals surface area contributed by atoms with E-state index >= 15 is 0 Å². The Labute approximate surface area is 173 Å². The number of fused-ring (bicyclic) bond motifs is 1. The number of hydrogen-bond acceptors (Lipinski definition) is 5. The molecule has 1 aromatic carbocycles. The fraction of sp³-hybridized carbons (Fsp3) is 0.429. The molecule has 0 radical (unpaired) electrons. The van der Waals surface area contributed by atoms with Crippen LogP contribution in [0.5, 0.6) is 0 Å². The van der Waals surface area contributed by atoms with Gasteiger partial charge in [-0.25, -0.2) is 4.68 Å². The van der Waals surface area contributed by atoms with E-state index in [0.29, 0.717) is 0 Å². The molecule has 8 heteroatoms. The Morgan fingerprint density at radius 2 is 2.07 bits per heavy atom. The molecule has 0 bridgehead atoms. The molecule has 4 rings (SSSR count). The predicted octanol–water partition coefficient (Wildman–Crippen LogP) is 3.07. The molecule has 29 heavy (non-hydrogen) atoms. The van der Waals surface area contributed by atoms with Gasteiger partial charge in [-0.1, -0.05) is 17.8 Å². The van der Waals surface area contributed by atoms with Crippen LogP contribution in [0, 0.1) is 13.8 Å². The van der Waals surface area contributed by atoms with E-state index in [2.05, 4.69) is 42.5 Å². The van der Waals surface area contributed by atoms with E-state index in [4.69, 9.17) is 0 Å². The summed E-state index contributed by atoms with van der Waals surface area (Å²) in [6.07, 6.45) is 4.54. The quantitative estimate of drug-likeness (QED) is 0.834. The van der Waals surface area contributed by atoms with Crippen LogP contribution in [0.4, 0.5) is 4.79 Å². The first-order valence-electron chi connectivity index (χ1n) is 9.77. The minimum atomic E-state index is -0.631. The maximum absolute atomic E-state index is 12.6. The van der Waals surface area contributed by atoms with E-state index < -0.39 is 5.25 Å². The van der Waals surface area contributed by atoms with Gasteiger partial charge < -0.3 is 5.32 Å². The average Bonchev–Trinajstić information content (AvgIpc) is 3.22. The number of benzene rings is 1. The summed E-state index contributed by atoms with van der Waals surface area (Å²) in [5.41, 5.74) is 5.62. The van der Waals surface area contributed by atoms with Gasteiger partial charge in [0.1, 0.15) is 5.25 Å². The van der Waals surface area contributed by atoms with Gasteiger partial charge in [0.05, 0.1) is 17.9 Å². The largest absolute Gasteiger partial charge is 0.349 e. The number of imide groups is 1. The number of thioether (sulfide) groups is 1. The molecule has 1 aromatic heterocycles. The molecule has 2 heterocycles. The van der Waals surface area contributed by atoms with Crippen LogP contribution in [-0.4, -0.2) is 44.0 Å². The maximum atomic E-state index is 12.6. The second-order valence-electron chi connectivity index (χ2n) is 7.71. The Hall–Kier alpha value is -2.61. The number of carbonyl (C=O) groups is 3. The third-order valence-corrected chi connectivity index (χ3v) is 6.88. The zero-order valence-electron chi connectivity index (χ0n) is 16.8. The molecule has 1 aliphatic carbocycles. The van der Waals surface area contributed by atoms with Gasteiger partial charge in [0.2, 0.25) is 11.8 Å². The van der Waals surface area contributed by atoms with Gasteiger partial charge in [-0.05, 0) is 56.4 Å². The van der Waals surface area contributed by atoms with Crippen molar-refractivity contribution in [2.75, 3.05) is 7.05 Å². The highest BCUT2D eigenvalue weighted by Crippen LogP contribution is 2.32. The topological polar surface area (TPSA) is 84.3 Å². The molecule has 1 saturated heterocycles. The number of rotatable bonds is 4. The molecule has 0 spiro atoms. The smallest absolute Gasteiger partial charge is 0.288 e. The molecule has 0 saturated carbocycles. The highest BCUT2D eigenvalue weighted by atomic mass is 32.2. The molecule has 1 aliphatic heterocycles. The predicted molar refractivity (Wildman–Crippen MR) is 111 cm³/mol. The van der Waals surface area contributed by atoms with Crippen LogP contribution in [0.25, 0.3) is 5.69 Å². The van der Waals surface area contributed by atoms with Gasteiger partial charge in [-0.3, -0.25) is 19.3 Å². The molecule has 2 aromatic rings. The normalized spacial score (nSPS) is 21.4. The molecule has 1 N–H and O–H groups in total. The average molecular weight is 413 g/mol. The summed E-state index contributed by atoms with van der Waals surface area (Å²) in [6, 6.07) is 6.16. The Morgan fingerprint density at radius 3 is 2.76 bits per heavy atom.